The maximum absolute atomic E-state index is 13.7. The second-order valence-electron chi connectivity index (χ2n) is 4.93. The van der Waals surface area contributed by atoms with Crippen LogP contribution in [0.1, 0.15) is 30.5 Å². The molecule has 1 atom stereocenters. The van der Waals surface area contributed by atoms with E-state index in [1.54, 1.807) is 13.2 Å². The molecular weight excluding hydrogens is 333 g/mol. The number of methoxy groups -OCH3 is 1. The lowest BCUT2D eigenvalue weighted by Crippen LogP contribution is -2.12. The highest BCUT2D eigenvalue weighted by Gasteiger charge is 2.15. The molecular formula is C17H19BrFNO. The number of halogens is 2. The van der Waals surface area contributed by atoms with Crippen LogP contribution in [0.25, 0.3) is 0 Å². The number of para-hydroxylation sites is 1. The Bertz CT molecular complexity index is 630. The molecule has 0 heterocycles. The molecule has 0 bridgehead atoms. The molecule has 0 amide bonds. The second kappa shape index (κ2) is 6.94. The Labute approximate surface area is 133 Å². The average molecular weight is 352 g/mol. The van der Waals surface area contributed by atoms with Crippen LogP contribution in [0.15, 0.2) is 40.9 Å². The molecule has 0 radical (unpaired) electrons. The summed E-state index contributed by atoms with van der Waals surface area (Å²) in [5.41, 5.74) is 2.87. The van der Waals surface area contributed by atoms with Crippen molar-refractivity contribution in [3.63, 3.8) is 0 Å². The van der Waals surface area contributed by atoms with Crippen LogP contribution in [0.5, 0.6) is 5.75 Å². The maximum Gasteiger partial charge on any atom is 0.139 e. The molecule has 4 heteroatoms. The number of nitrogens with one attached hydrogen (secondary N) is 1. The van der Waals surface area contributed by atoms with Crippen LogP contribution < -0.4 is 10.1 Å². The maximum atomic E-state index is 13.7. The predicted molar refractivity (Wildman–Crippen MR) is 88.5 cm³/mol. The molecule has 0 aromatic heterocycles. The van der Waals surface area contributed by atoms with Gasteiger partial charge in [-0.3, -0.25) is 0 Å². The second-order valence-corrected chi connectivity index (χ2v) is 5.78. The van der Waals surface area contributed by atoms with Gasteiger partial charge in [-0.05, 0) is 53.0 Å². The number of ether oxygens (including phenoxy) is 1. The fraction of sp³-hybridized carbons (Fsp3) is 0.294. The summed E-state index contributed by atoms with van der Waals surface area (Å²) < 4.78 is 19.6. The smallest absolute Gasteiger partial charge is 0.139 e. The minimum Gasteiger partial charge on any atom is -0.496 e. The Morgan fingerprint density at radius 3 is 2.67 bits per heavy atom. The minimum atomic E-state index is -0.266. The summed E-state index contributed by atoms with van der Waals surface area (Å²) >= 11 is 3.21. The van der Waals surface area contributed by atoms with Crippen LogP contribution in [0.2, 0.25) is 0 Å². The normalized spacial score (nSPS) is 12.0. The molecule has 0 spiro atoms. The van der Waals surface area contributed by atoms with Crippen LogP contribution in [0.3, 0.4) is 0 Å². The van der Waals surface area contributed by atoms with Gasteiger partial charge in [-0.1, -0.05) is 25.1 Å². The SMILES string of the molecule is CCC(Nc1cc(F)c(Br)cc1C)c1ccccc1OC. The quantitative estimate of drug-likeness (QED) is 0.771. The van der Waals surface area contributed by atoms with E-state index in [1.165, 1.54) is 6.07 Å². The van der Waals surface area contributed by atoms with Gasteiger partial charge in [-0.2, -0.15) is 0 Å². The third-order valence-corrected chi connectivity index (χ3v) is 4.13. The van der Waals surface area contributed by atoms with E-state index in [9.17, 15) is 4.39 Å². The molecule has 1 unspecified atom stereocenters. The fourth-order valence-electron chi connectivity index (χ4n) is 2.34. The van der Waals surface area contributed by atoms with Crippen molar-refractivity contribution in [3.05, 3.63) is 57.8 Å². The predicted octanol–water partition coefficient (Wildman–Crippen LogP) is 5.47. The van der Waals surface area contributed by atoms with Gasteiger partial charge in [0.2, 0.25) is 0 Å². The van der Waals surface area contributed by atoms with Gasteiger partial charge in [-0.25, -0.2) is 4.39 Å². The van der Waals surface area contributed by atoms with Gasteiger partial charge in [0, 0.05) is 11.3 Å². The van der Waals surface area contributed by atoms with Crippen LogP contribution in [0.4, 0.5) is 10.1 Å². The molecule has 0 saturated heterocycles. The molecule has 112 valence electrons. The molecule has 2 nitrogen and oxygen atoms in total. The van der Waals surface area contributed by atoms with E-state index in [0.29, 0.717) is 4.47 Å². The van der Waals surface area contributed by atoms with E-state index in [0.717, 1.165) is 29.0 Å². The molecule has 0 aliphatic carbocycles. The molecule has 0 aliphatic rings. The van der Waals surface area contributed by atoms with E-state index in [2.05, 4.69) is 28.2 Å². The molecule has 21 heavy (non-hydrogen) atoms. The Morgan fingerprint density at radius 2 is 2.00 bits per heavy atom. The lowest BCUT2D eigenvalue weighted by Gasteiger charge is -2.22. The Kier molecular flexibility index (Phi) is 5.23. The van der Waals surface area contributed by atoms with Gasteiger partial charge < -0.3 is 10.1 Å². The first-order valence-electron chi connectivity index (χ1n) is 6.92. The van der Waals surface area contributed by atoms with Gasteiger partial charge in [0.1, 0.15) is 11.6 Å². The third-order valence-electron chi connectivity index (χ3n) is 3.52. The van der Waals surface area contributed by atoms with E-state index in [4.69, 9.17) is 4.74 Å². The monoisotopic (exact) mass is 351 g/mol. The van der Waals surface area contributed by atoms with Crippen molar-refractivity contribution in [1.82, 2.24) is 0 Å². The summed E-state index contributed by atoms with van der Waals surface area (Å²) in [4.78, 5) is 0. The zero-order chi connectivity index (χ0) is 15.4. The first kappa shape index (κ1) is 15.8. The Morgan fingerprint density at radius 1 is 1.29 bits per heavy atom. The lowest BCUT2D eigenvalue weighted by molar-refractivity contribution is 0.406. The van der Waals surface area contributed by atoms with Crippen molar-refractivity contribution in [3.8, 4) is 5.75 Å². The molecule has 2 rings (SSSR count). The molecule has 0 fully saturated rings. The molecule has 2 aromatic rings. The fourth-order valence-corrected chi connectivity index (χ4v) is 2.80. The number of anilines is 1. The minimum absolute atomic E-state index is 0.0698. The van der Waals surface area contributed by atoms with Crippen molar-refractivity contribution in [1.29, 1.82) is 0 Å². The largest absolute Gasteiger partial charge is 0.496 e. The van der Waals surface area contributed by atoms with Crippen molar-refractivity contribution in [2.24, 2.45) is 0 Å². The molecule has 1 N–H and O–H groups in total. The van der Waals surface area contributed by atoms with Gasteiger partial charge in [-0.15, -0.1) is 0 Å². The summed E-state index contributed by atoms with van der Waals surface area (Å²) in [5.74, 6) is 0.574. The van der Waals surface area contributed by atoms with Crippen molar-refractivity contribution >= 4 is 21.6 Å². The Hall–Kier alpha value is -1.55. The molecule has 0 saturated carbocycles. The lowest BCUT2D eigenvalue weighted by atomic mass is 10.0. The Balaban J connectivity index is 2.33. The van der Waals surface area contributed by atoms with E-state index in [1.807, 2.05) is 31.2 Å². The van der Waals surface area contributed by atoms with Crippen LogP contribution in [-0.4, -0.2) is 7.11 Å². The van der Waals surface area contributed by atoms with Gasteiger partial charge in [0.05, 0.1) is 17.6 Å². The van der Waals surface area contributed by atoms with Crippen LogP contribution in [-0.2, 0) is 0 Å². The van der Waals surface area contributed by atoms with E-state index >= 15 is 0 Å². The highest BCUT2D eigenvalue weighted by molar-refractivity contribution is 9.10. The standard InChI is InChI=1S/C17H19BrFNO/c1-4-15(12-7-5-6-8-17(12)21-3)20-16-10-14(19)13(18)9-11(16)2/h5-10,15,20H,4H2,1-3H3. The molecule has 2 aromatic carbocycles. The zero-order valence-electron chi connectivity index (χ0n) is 12.4. The zero-order valence-corrected chi connectivity index (χ0v) is 14.0. The first-order valence-corrected chi connectivity index (χ1v) is 7.71. The van der Waals surface area contributed by atoms with Crippen molar-refractivity contribution < 1.29 is 9.13 Å². The van der Waals surface area contributed by atoms with E-state index < -0.39 is 0 Å². The highest BCUT2D eigenvalue weighted by Crippen LogP contribution is 2.32. The molecule has 0 aliphatic heterocycles. The summed E-state index contributed by atoms with van der Waals surface area (Å²) in [7, 11) is 1.66. The average Bonchev–Trinajstić information content (AvgIpc) is 2.49. The summed E-state index contributed by atoms with van der Waals surface area (Å²) in [5, 5.41) is 3.42. The van der Waals surface area contributed by atoms with Gasteiger partial charge in [0.25, 0.3) is 0 Å². The summed E-state index contributed by atoms with van der Waals surface area (Å²) in [6.45, 7) is 4.05. The van der Waals surface area contributed by atoms with Crippen LogP contribution >= 0.6 is 15.9 Å². The first-order chi connectivity index (χ1) is 10.1. The van der Waals surface area contributed by atoms with Crippen LogP contribution in [0, 0.1) is 12.7 Å². The van der Waals surface area contributed by atoms with Gasteiger partial charge in [0.15, 0.2) is 0 Å². The van der Waals surface area contributed by atoms with E-state index in [-0.39, 0.29) is 11.9 Å². The third kappa shape index (κ3) is 3.56. The summed E-state index contributed by atoms with van der Waals surface area (Å²) in [6, 6.07) is 11.3. The highest BCUT2D eigenvalue weighted by atomic mass is 79.9. The topological polar surface area (TPSA) is 21.3 Å². The van der Waals surface area contributed by atoms with Gasteiger partial charge >= 0.3 is 0 Å². The number of rotatable bonds is 5. The van der Waals surface area contributed by atoms with Crippen molar-refractivity contribution in [2.75, 3.05) is 12.4 Å². The number of hydrogen-bond donors (Lipinski definition) is 1. The number of benzene rings is 2. The number of aryl methyl sites for hydroxylation is 1. The summed E-state index contributed by atoms with van der Waals surface area (Å²) in [6.07, 6.45) is 0.873. The number of hydrogen-bond acceptors (Lipinski definition) is 2. The van der Waals surface area contributed by atoms with Crippen molar-refractivity contribution in [2.45, 2.75) is 26.3 Å².